The fourth-order valence-corrected chi connectivity index (χ4v) is 2.68. The van der Waals surface area contributed by atoms with Crippen LogP contribution in [0.5, 0.6) is 0 Å². The highest BCUT2D eigenvalue weighted by atomic mass is 127. The number of guanidine groups is 1. The zero-order valence-electron chi connectivity index (χ0n) is 14.3. The molecule has 23 heavy (non-hydrogen) atoms. The predicted molar refractivity (Wildman–Crippen MR) is 109 cm³/mol. The van der Waals surface area contributed by atoms with Crippen LogP contribution in [0.1, 0.15) is 45.1 Å². The largest absolute Gasteiger partial charge is 0.357 e. The Hall–Kier alpha value is -1.05. The Morgan fingerprint density at radius 3 is 2.26 bits per heavy atom. The SMILES string of the molecule is CCNC(=NCc1ccc(N2CCCCCC2)nc1)NCC.I. The second kappa shape index (κ2) is 11.5. The Bertz CT molecular complexity index is 445. The lowest BCUT2D eigenvalue weighted by atomic mass is 10.2. The fourth-order valence-electron chi connectivity index (χ4n) is 2.68. The number of hydrogen-bond donors (Lipinski definition) is 2. The molecule has 1 aliphatic heterocycles. The minimum absolute atomic E-state index is 0. The Morgan fingerprint density at radius 1 is 1.09 bits per heavy atom. The Balaban J connectivity index is 0.00000264. The summed E-state index contributed by atoms with van der Waals surface area (Å²) in [5.41, 5.74) is 1.15. The summed E-state index contributed by atoms with van der Waals surface area (Å²) in [5.74, 6) is 1.97. The summed E-state index contributed by atoms with van der Waals surface area (Å²) < 4.78 is 0. The standard InChI is InChI=1S/C17H29N5.HI/c1-3-18-17(19-4-2)21-14-15-9-10-16(20-13-15)22-11-7-5-6-8-12-22;/h9-10,13H,3-8,11-12,14H2,1-2H3,(H2,18,19,21);1H. The molecule has 0 saturated carbocycles. The zero-order chi connectivity index (χ0) is 15.6. The summed E-state index contributed by atoms with van der Waals surface area (Å²) in [6.07, 6.45) is 7.21. The first-order valence-electron chi connectivity index (χ1n) is 8.55. The van der Waals surface area contributed by atoms with E-state index in [0.717, 1.165) is 43.5 Å². The maximum Gasteiger partial charge on any atom is 0.191 e. The van der Waals surface area contributed by atoms with Gasteiger partial charge in [0.2, 0.25) is 0 Å². The van der Waals surface area contributed by atoms with E-state index in [1.165, 1.54) is 25.7 Å². The number of rotatable bonds is 5. The van der Waals surface area contributed by atoms with Gasteiger partial charge in [-0.05, 0) is 38.3 Å². The molecule has 0 unspecified atom stereocenters. The van der Waals surface area contributed by atoms with Gasteiger partial charge in [0.15, 0.2) is 5.96 Å². The number of nitrogens with zero attached hydrogens (tertiary/aromatic N) is 3. The average Bonchev–Trinajstić information content (AvgIpc) is 2.83. The van der Waals surface area contributed by atoms with Crippen LogP contribution in [0.4, 0.5) is 5.82 Å². The highest BCUT2D eigenvalue weighted by molar-refractivity contribution is 14.0. The molecule has 2 rings (SSSR count). The average molecular weight is 431 g/mol. The van der Waals surface area contributed by atoms with Gasteiger partial charge in [-0.15, -0.1) is 24.0 Å². The van der Waals surface area contributed by atoms with Crippen LogP contribution < -0.4 is 15.5 Å². The van der Waals surface area contributed by atoms with Crippen molar-refractivity contribution >= 4 is 35.8 Å². The van der Waals surface area contributed by atoms with Gasteiger partial charge in [-0.3, -0.25) is 0 Å². The summed E-state index contributed by atoms with van der Waals surface area (Å²) in [6, 6.07) is 4.28. The second-order valence-corrected chi connectivity index (χ2v) is 5.65. The number of aromatic nitrogens is 1. The first-order chi connectivity index (χ1) is 10.8. The molecule has 0 bridgehead atoms. The van der Waals surface area contributed by atoms with E-state index in [9.17, 15) is 0 Å². The molecule has 0 spiro atoms. The molecule has 1 aromatic rings. The molecule has 0 atom stereocenters. The van der Waals surface area contributed by atoms with Gasteiger partial charge in [-0.25, -0.2) is 9.98 Å². The molecule has 0 aliphatic carbocycles. The third-order valence-corrected chi connectivity index (χ3v) is 3.85. The van der Waals surface area contributed by atoms with Crippen LogP contribution in [0, 0.1) is 0 Å². The molecule has 1 aromatic heterocycles. The maximum absolute atomic E-state index is 4.63. The third-order valence-electron chi connectivity index (χ3n) is 3.85. The smallest absolute Gasteiger partial charge is 0.191 e. The lowest BCUT2D eigenvalue weighted by molar-refractivity contribution is 0.726. The predicted octanol–water partition coefficient (Wildman–Crippen LogP) is 3.16. The van der Waals surface area contributed by atoms with Crippen LogP contribution in [0.3, 0.4) is 0 Å². The van der Waals surface area contributed by atoms with Crippen molar-refractivity contribution in [2.75, 3.05) is 31.1 Å². The van der Waals surface area contributed by atoms with E-state index in [1.807, 2.05) is 6.20 Å². The summed E-state index contributed by atoms with van der Waals surface area (Å²) in [5, 5.41) is 6.47. The van der Waals surface area contributed by atoms with Crippen molar-refractivity contribution in [3.05, 3.63) is 23.9 Å². The van der Waals surface area contributed by atoms with E-state index < -0.39 is 0 Å². The quantitative estimate of drug-likeness (QED) is 0.427. The maximum atomic E-state index is 4.63. The van der Waals surface area contributed by atoms with Crippen molar-refractivity contribution < 1.29 is 0 Å². The molecule has 5 nitrogen and oxygen atoms in total. The molecule has 1 fully saturated rings. The zero-order valence-corrected chi connectivity index (χ0v) is 16.7. The number of aliphatic imine (C=N–C) groups is 1. The third kappa shape index (κ3) is 6.93. The van der Waals surface area contributed by atoms with Gasteiger partial charge in [0.05, 0.1) is 6.54 Å². The van der Waals surface area contributed by atoms with Crippen LogP contribution in [0.25, 0.3) is 0 Å². The lowest BCUT2D eigenvalue weighted by Gasteiger charge is -2.21. The molecule has 130 valence electrons. The number of pyridine rings is 1. The van der Waals surface area contributed by atoms with Crippen molar-refractivity contribution in [3.63, 3.8) is 0 Å². The molecule has 0 radical (unpaired) electrons. The van der Waals surface area contributed by atoms with Gasteiger partial charge in [0.1, 0.15) is 5.82 Å². The summed E-state index contributed by atoms with van der Waals surface area (Å²) in [6.45, 7) is 8.82. The van der Waals surface area contributed by atoms with Crippen LogP contribution in [-0.4, -0.2) is 37.1 Å². The summed E-state index contributed by atoms with van der Waals surface area (Å²) >= 11 is 0. The van der Waals surface area contributed by atoms with Gasteiger partial charge < -0.3 is 15.5 Å². The topological polar surface area (TPSA) is 52.6 Å². The fraction of sp³-hybridized carbons (Fsp3) is 0.647. The monoisotopic (exact) mass is 431 g/mol. The molecular formula is C17H30IN5. The Kier molecular flexibility index (Phi) is 9.98. The Morgan fingerprint density at radius 2 is 1.74 bits per heavy atom. The number of nitrogens with one attached hydrogen (secondary N) is 2. The molecule has 1 saturated heterocycles. The minimum Gasteiger partial charge on any atom is -0.357 e. The number of anilines is 1. The molecule has 2 heterocycles. The van der Waals surface area contributed by atoms with Crippen LogP contribution >= 0.6 is 24.0 Å². The summed E-state index contributed by atoms with van der Waals surface area (Å²) in [4.78, 5) is 11.6. The van der Waals surface area contributed by atoms with Gasteiger partial charge in [-0.1, -0.05) is 18.9 Å². The molecule has 0 aromatic carbocycles. The minimum atomic E-state index is 0. The first-order valence-corrected chi connectivity index (χ1v) is 8.55. The van der Waals surface area contributed by atoms with E-state index in [0.29, 0.717) is 6.54 Å². The van der Waals surface area contributed by atoms with E-state index in [-0.39, 0.29) is 24.0 Å². The van der Waals surface area contributed by atoms with Gasteiger partial charge in [0, 0.05) is 32.4 Å². The molecule has 6 heteroatoms. The highest BCUT2D eigenvalue weighted by Crippen LogP contribution is 2.17. The van der Waals surface area contributed by atoms with Gasteiger partial charge in [-0.2, -0.15) is 0 Å². The van der Waals surface area contributed by atoms with Crippen molar-refractivity contribution in [2.24, 2.45) is 4.99 Å². The lowest BCUT2D eigenvalue weighted by Crippen LogP contribution is -2.36. The van der Waals surface area contributed by atoms with E-state index in [4.69, 9.17) is 0 Å². The van der Waals surface area contributed by atoms with E-state index in [2.05, 4.69) is 51.5 Å². The molecule has 1 aliphatic rings. The summed E-state index contributed by atoms with van der Waals surface area (Å²) in [7, 11) is 0. The van der Waals surface area contributed by atoms with E-state index in [1.54, 1.807) is 0 Å². The van der Waals surface area contributed by atoms with Crippen molar-refractivity contribution in [2.45, 2.75) is 46.1 Å². The van der Waals surface area contributed by atoms with Crippen molar-refractivity contribution in [1.82, 2.24) is 15.6 Å². The molecule has 2 N–H and O–H groups in total. The highest BCUT2D eigenvalue weighted by Gasteiger charge is 2.10. The van der Waals surface area contributed by atoms with Crippen molar-refractivity contribution in [1.29, 1.82) is 0 Å². The van der Waals surface area contributed by atoms with Crippen LogP contribution in [0.15, 0.2) is 23.3 Å². The number of halogens is 1. The normalized spacial score (nSPS) is 14.4. The van der Waals surface area contributed by atoms with Crippen molar-refractivity contribution in [3.8, 4) is 0 Å². The first kappa shape index (κ1) is 20.0. The molecule has 0 amide bonds. The van der Waals surface area contributed by atoms with Crippen LogP contribution in [-0.2, 0) is 6.54 Å². The Labute approximate surface area is 157 Å². The van der Waals surface area contributed by atoms with Gasteiger partial charge >= 0.3 is 0 Å². The second-order valence-electron chi connectivity index (χ2n) is 5.65. The van der Waals surface area contributed by atoms with E-state index >= 15 is 0 Å². The molecular weight excluding hydrogens is 401 g/mol. The number of hydrogen-bond acceptors (Lipinski definition) is 3. The van der Waals surface area contributed by atoms with Gasteiger partial charge in [0.25, 0.3) is 0 Å². The van der Waals surface area contributed by atoms with Crippen LogP contribution in [0.2, 0.25) is 0 Å².